The highest BCUT2D eigenvalue weighted by molar-refractivity contribution is 5.23. The molecule has 0 aliphatic heterocycles. The molecule has 0 amide bonds. The van der Waals surface area contributed by atoms with Crippen molar-refractivity contribution in [1.82, 2.24) is 15.1 Å². The fraction of sp³-hybridized carbons (Fsp3) is 0.769. The molecule has 0 fully saturated rings. The van der Waals surface area contributed by atoms with Gasteiger partial charge in [0.15, 0.2) is 0 Å². The second-order valence-corrected chi connectivity index (χ2v) is 5.64. The van der Waals surface area contributed by atoms with Crippen molar-refractivity contribution in [1.29, 1.82) is 0 Å². The molecule has 0 radical (unpaired) electrons. The number of methoxy groups -OCH3 is 1. The maximum absolute atomic E-state index is 9.21. The summed E-state index contributed by atoms with van der Waals surface area (Å²) < 4.78 is 6.88. The van der Waals surface area contributed by atoms with E-state index in [4.69, 9.17) is 4.74 Å². The van der Waals surface area contributed by atoms with Gasteiger partial charge in [-0.25, -0.2) is 0 Å². The van der Waals surface area contributed by atoms with Gasteiger partial charge in [-0.2, -0.15) is 5.10 Å². The van der Waals surface area contributed by atoms with Crippen LogP contribution in [0.4, 0.5) is 0 Å². The molecular formula is C13H25N3O2. The third-order valence-electron chi connectivity index (χ3n) is 2.78. The number of aliphatic hydroxyl groups excluding tert-OH is 1. The molecule has 1 aromatic rings. The smallest absolute Gasteiger partial charge is 0.0722 e. The Bertz CT molecular complexity index is 369. The lowest BCUT2D eigenvalue weighted by Gasteiger charge is -2.19. The molecule has 0 saturated heterocycles. The van der Waals surface area contributed by atoms with Gasteiger partial charge in [0.25, 0.3) is 0 Å². The fourth-order valence-corrected chi connectivity index (χ4v) is 1.93. The highest BCUT2D eigenvalue weighted by Crippen LogP contribution is 2.23. The Balaban J connectivity index is 2.72. The molecule has 0 saturated carbocycles. The number of nitrogens with one attached hydrogen (secondary N) is 1. The van der Waals surface area contributed by atoms with Crippen molar-refractivity contribution in [3.63, 3.8) is 0 Å². The summed E-state index contributed by atoms with van der Waals surface area (Å²) in [6.07, 6.45) is 2.02. The number of aliphatic hydroxyl groups is 1. The molecule has 0 aliphatic carbocycles. The minimum Gasteiger partial charge on any atom is -0.395 e. The normalized spacial score (nSPS) is 13.9. The van der Waals surface area contributed by atoms with Crippen LogP contribution in [0.5, 0.6) is 0 Å². The average molecular weight is 255 g/mol. The summed E-state index contributed by atoms with van der Waals surface area (Å²) >= 11 is 0. The molecule has 1 aromatic heterocycles. The van der Waals surface area contributed by atoms with Crippen molar-refractivity contribution in [2.24, 2.45) is 7.05 Å². The van der Waals surface area contributed by atoms with Crippen LogP contribution in [0, 0.1) is 0 Å². The first-order valence-corrected chi connectivity index (χ1v) is 6.24. The number of hydrogen-bond acceptors (Lipinski definition) is 4. The minimum atomic E-state index is -0.0389. The first-order chi connectivity index (χ1) is 8.38. The number of hydrogen-bond donors (Lipinski definition) is 2. The third kappa shape index (κ3) is 4.08. The van der Waals surface area contributed by atoms with Crippen molar-refractivity contribution in [3.05, 3.63) is 17.5 Å². The first-order valence-electron chi connectivity index (χ1n) is 6.24. The van der Waals surface area contributed by atoms with E-state index in [2.05, 4.69) is 31.2 Å². The number of nitrogens with zero attached hydrogens (tertiary/aromatic N) is 2. The maximum Gasteiger partial charge on any atom is 0.0722 e. The Labute approximate surface area is 109 Å². The number of rotatable bonds is 6. The molecule has 0 bridgehead atoms. The van der Waals surface area contributed by atoms with Crippen LogP contribution in [0.15, 0.2) is 6.20 Å². The van der Waals surface area contributed by atoms with E-state index in [1.54, 1.807) is 7.11 Å². The molecule has 1 atom stereocenters. The molecule has 0 spiro atoms. The van der Waals surface area contributed by atoms with E-state index in [0.717, 1.165) is 5.69 Å². The molecule has 2 N–H and O–H groups in total. The van der Waals surface area contributed by atoms with E-state index in [9.17, 15) is 5.11 Å². The molecule has 1 rings (SSSR count). The Morgan fingerprint density at radius 3 is 2.67 bits per heavy atom. The zero-order chi connectivity index (χ0) is 13.8. The van der Waals surface area contributed by atoms with Gasteiger partial charge < -0.3 is 15.2 Å². The van der Waals surface area contributed by atoms with Crippen LogP contribution in [-0.4, -0.2) is 41.3 Å². The zero-order valence-corrected chi connectivity index (χ0v) is 12.0. The summed E-state index contributed by atoms with van der Waals surface area (Å²) in [4.78, 5) is 0. The molecular weight excluding hydrogens is 230 g/mol. The average Bonchev–Trinajstić information content (AvgIpc) is 2.65. The molecule has 104 valence electrons. The Kier molecular flexibility index (Phi) is 5.31. The van der Waals surface area contributed by atoms with E-state index in [1.807, 2.05) is 17.9 Å². The predicted molar refractivity (Wildman–Crippen MR) is 71.5 cm³/mol. The summed E-state index contributed by atoms with van der Waals surface area (Å²) in [5, 5.41) is 17.0. The number of aromatic nitrogens is 2. The van der Waals surface area contributed by atoms with E-state index in [-0.39, 0.29) is 18.1 Å². The zero-order valence-electron chi connectivity index (χ0n) is 12.0. The standard InChI is InChI=1S/C13H25N3O2/c1-13(2,3)12-10(7-16(4)15-12)6-14-11(8-17)9-18-5/h7,11,14,17H,6,8-9H2,1-5H3. The molecule has 18 heavy (non-hydrogen) atoms. The van der Waals surface area contributed by atoms with E-state index in [1.165, 1.54) is 5.56 Å². The summed E-state index contributed by atoms with van der Waals surface area (Å²) in [6, 6.07) is -0.0389. The van der Waals surface area contributed by atoms with Gasteiger partial charge in [-0.1, -0.05) is 20.8 Å². The second kappa shape index (κ2) is 6.31. The largest absolute Gasteiger partial charge is 0.395 e. The summed E-state index contributed by atoms with van der Waals surface area (Å²) in [5.41, 5.74) is 2.28. The predicted octanol–water partition coefficient (Wildman–Crippen LogP) is 0.815. The van der Waals surface area contributed by atoms with Gasteiger partial charge in [0.1, 0.15) is 0 Å². The van der Waals surface area contributed by atoms with Gasteiger partial charge >= 0.3 is 0 Å². The second-order valence-electron chi connectivity index (χ2n) is 5.64. The van der Waals surface area contributed by atoms with Gasteiger partial charge in [-0.15, -0.1) is 0 Å². The van der Waals surface area contributed by atoms with Crippen LogP contribution < -0.4 is 5.32 Å². The van der Waals surface area contributed by atoms with Gasteiger partial charge in [-0.05, 0) is 0 Å². The number of ether oxygens (including phenoxy) is 1. The van der Waals surface area contributed by atoms with Crippen LogP contribution in [0.25, 0.3) is 0 Å². The van der Waals surface area contributed by atoms with Crippen LogP contribution in [0.2, 0.25) is 0 Å². The lowest BCUT2D eigenvalue weighted by Crippen LogP contribution is -2.36. The molecule has 0 aliphatic rings. The lowest BCUT2D eigenvalue weighted by molar-refractivity contribution is 0.128. The maximum atomic E-state index is 9.21. The number of aryl methyl sites for hydroxylation is 1. The van der Waals surface area contributed by atoms with Crippen molar-refractivity contribution in [3.8, 4) is 0 Å². The molecule has 1 unspecified atom stereocenters. The Morgan fingerprint density at radius 2 is 2.17 bits per heavy atom. The van der Waals surface area contributed by atoms with E-state index in [0.29, 0.717) is 13.2 Å². The quantitative estimate of drug-likeness (QED) is 0.790. The molecule has 0 aromatic carbocycles. The van der Waals surface area contributed by atoms with Crippen molar-refractivity contribution in [2.45, 2.75) is 38.8 Å². The summed E-state index contributed by atoms with van der Waals surface area (Å²) in [7, 11) is 3.56. The highest BCUT2D eigenvalue weighted by Gasteiger charge is 2.22. The fourth-order valence-electron chi connectivity index (χ4n) is 1.93. The van der Waals surface area contributed by atoms with Gasteiger partial charge in [0.05, 0.1) is 24.9 Å². The summed E-state index contributed by atoms with van der Waals surface area (Å²) in [5.74, 6) is 0. The highest BCUT2D eigenvalue weighted by atomic mass is 16.5. The van der Waals surface area contributed by atoms with Crippen LogP contribution in [0.3, 0.4) is 0 Å². The SMILES string of the molecule is COCC(CO)NCc1cn(C)nc1C(C)(C)C. The minimum absolute atomic E-state index is 0.0221. The third-order valence-corrected chi connectivity index (χ3v) is 2.78. The van der Waals surface area contributed by atoms with Crippen molar-refractivity contribution >= 4 is 0 Å². The van der Waals surface area contributed by atoms with Crippen LogP contribution in [0.1, 0.15) is 32.0 Å². The van der Waals surface area contributed by atoms with Crippen LogP contribution >= 0.6 is 0 Å². The van der Waals surface area contributed by atoms with Gasteiger partial charge in [-0.3, -0.25) is 4.68 Å². The lowest BCUT2D eigenvalue weighted by atomic mass is 9.89. The van der Waals surface area contributed by atoms with Gasteiger partial charge in [0, 0.05) is 37.9 Å². The topological polar surface area (TPSA) is 59.3 Å². The molecule has 5 heteroatoms. The Hall–Kier alpha value is -0.910. The van der Waals surface area contributed by atoms with Gasteiger partial charge in [0.2, 0.25) is 0 Å². The molecule has 5 nitrogen and oxygen atoms in total. The van der Waals surface area contributed by atoms with Crippen molar-refractivity contribution < 1.29 is 9.84 Å². The van der Waals surface area contributed by atoms with Crippen molar-refractivity contribution in [2.75, 3.05) is 20.3 Å². The van der Waals surface area contributed by atoms with E-state index >= 15 is 0 Å². The first kappa shape index (κ1) is 15.1. The Morgan fingerprint density at radius 1 is 1.50 bits per heavy atom. The molecule has 1 heterocycles. The monoisotopic (exact) mass is 255 g/mol. The van der Waals surface area contributed by atoms with Crippen LogP contribution in [-0.2, 0) is 23.7 Å². The van der Waals surface area contributed by atoms with E-state index < -0.39 is 0 Å². The summed E-state index contributed by atoms with van der Waals surface area (Å²) in [6.45, 7) is 7.71.